The molecule has 1 fully saturated rings. The van der Waals surface area contributed by atoms with Crippen LogP contribution >= 0.6 is 11.3 Å². The Morgan fingerprint density at radius 2 is 1.93 bits per heavy atom. The highest BCUT2D eigenvalue weighted by Crippen LogP contribution is 2.25. The van der Waals surface area contributed by atoms with Crippen LogP contribution in [0.25, 0.3) is 10.8 Å². The number of thiophene rings is 1. The van der Waals surface area contributed by atoms with Gasteiger partial charge >= 0.3 is 0 Å². The maximum Gasteiger partial charge on any atom is 0.243 e. The average molecular weight is 418 g/mol. The molecule has 0 saturated carbocycles. The van der Waals surface area contributed by atoms with Gasteiger partial charge in [0.25, 0.3) is 0 Å². The number of rotatable bonds is 5. The number of aryl methyl sites for hydroxylation is 2. The number of piperazine rings is 1. The molecule has 0 aliphatic carbocycles. The molecule has 6 nitrogen and oxygen atoms in total. The Bertz CT molecular complexity index is 1050. The Labute approximate surface area is 169 Å². The Kier molecular flexibility index (Phi) is 5.37. The smallest absolute Gasteiger partial charge is 0.243 e. The Morgan fingerprint density at radius 3 is 2.64 bits per heavy atom. The predicted molar refractivity (Wildman–Crippen MR) is 110 cm³/mol. The molecule has 0 unspecified atom stereocenters. The number of hydrogen-bond acceptors (Lipinski definition) is 6. The second-order valence-corrected chi connectivity index (χ2v) is 9.92. The fourth-order valence-electron chi connectivity index (χ4n) is 3.37. The topological polar surface area (TPSA) is 66.7 Å². The van der Waals surface area contributed by atoms with Crippen molar-refractivity contribution in [1.29, 1.82) is 0 Å². The molecule has 28 heavy (non-hydrogen) atoms. The van der Waals surface area contributed by atoms with E-state index in [4.69, 9.17) is 4.42 Å². The number of oxazole rings is 1. The molecule has 2 aromatic heterocycles. The number of nitrogens with zero attached hydrogens (tertiary/aromatic N) is 3. The maximum atomic E-state index is 13.0. The molecule has 1 aromatic carbocycles. The normalized spacial score (nSPS) is 16.5. The molecule has 1 aliphatic rings. The lowest BCUT2D eigenvalue weighted by Crippen LogP contribution is -2.48. The zero-order valence-corrected chi connectivity index (χ0v) is 17.6. The van der Waals surface area contributed by atoms with Crippen LogP contribution in [0.1, 0.15) is 16.8 Å². The van der Waals surface area contributed by atoms with E-state index in [0.717, 1.165) is 21.7 Å². The first-order valence-electron chi connectivity index (χ1n) is 9.21. The number of hydrogen-bond donors (Lipinski definition) is 0. The summed E-state index contributed by atoms with van der Waals surface area (Å²) >= 11 is 1.60. The van der Waals surface area contributed by atoms with E-state index in [1.54, 1.807) is 28.0 Å². The molecule has 3 heterocycles. The minimum absolute atomic E-state index is 0.415. The van der Waals surface area contributed by atoms with Crippen LogP contribution in [-0.4, -0.2) is 48.8 Å². The van der Waals surface area contributed by atoms with Crippen molar-refractivity contribution in [2.75, 3.05) is 26.2 Å². The fourth-order valence-corrected chi connectivity index (χ4v) is 5.76. The summed E-state index contributed by atoms with van der Waals surface area (Å²) in [5.41, 5.74) is 2.61. The molecule has 0 radical (unpaired) electrons. The summed E-state index contributed by atoms with van der Waals surface area (Å²) in [6.07, 6.45) is 1.69. The van der Waals surface area contributed by atoms with Crippen LogP contribution in [0.15, 0.2) is 51.3 Å². The molecule has 8 heteroatoms. The van der Waals surface area contributed by atoms with Crippen molar-refractivity contribution in [2.45, 2.75) is 25.3 Å². The van der Waals surface area contributed by atoms with Crippen molar-refractivity contribution >= 4 is 21.4 Å². The van der Waals surface area contributed by atoms with Gasteiger partial charge in [0.2, 0.25) is 15.9 Å². The van der Waals surface area contributed by atoms with Gasteiger partial charge in [-0.1, -0.05) is 18.2 Å². The van der Waals surface area contributed by atoms with Crippen LogP contribution in [0, 0.1) is 13.8 Å². The summed E-state index contributed by atoms with van der Waals surface area (Å²) in [5.74, 6) is 0.640. The van der Waals surface area contributed by atoms with Crippen molar-refractivity contribution in [1.82, 2.24) is 14.2 Å². The second-order valence-electron chi connectivity index (χ2n) is 7.07. The molecule has 1 saturated heterocycles. The van der Waals surface area contributed by atoms with E-state index in [1.807, 2.05) is 43.5 Å². The van der Waals surface area contributed by atoms with E-state index in [0.29, 0.717) is 43.5 Å². The van der Waals surface area contributed by atoms with Gasteiger partial charge in [0.05, 0.1) is 15.5 Å². The lowest BCUT2D eigenvalue weighted by atomic mass is 10.2. The minimum atomic E-state index is -3.46. The third-order valence-corrected chi connectivity index (χ3v) is 7.86. The largest absolute Gasteiger partial charge is 0.444 e. The van der Waals surface area contributed by atoms with Gasteiger partial charge in [-0.3, -0.25) is 4.90 Å². The summed E-state index contributed by atoms with van der Waals surface area (Å²) in [7, 11) is -3.46. The van der Waals surface area contributed by atoms with Crippen molar-refractivity contribution in [3.8, 4) is 10.8 Å². The van der Waals surface area contributed by atoms with Crippen molar-refractivity contribution in [3.63, 3.8) is 0 Å². The van der Waals surface area contributed by atoms with Gasteiger partial charge in [-0.05, 0) is 42.5 Å². The van der Waals surface area contributed by atoms with Gasteiger partial charge in [0.15, 0.2) is 0 Å². The van der Waals surface area contributed by atoms with E-state index in [1.165, 1.54) is 0 Å². The lowest BCUT2D eigenvalue weighted by Gasteiger charge is -2.33. The molecule has 1 aliphatic heterocycles. The lowest BCUT2D eigenvalue weighted by molar-refractivity contribution is 0.180. The van der Waals surface area contributed by atoms with Gasteiger partial charge < -0.3 is 4.42 Å². The molecule has 0 bridgehead atoms. The Hall–Kier alpha value is -2.00. The Morgan fingerprint density at radius 1 is 1.14 bits per heavy atom. The van der Waals surface area contributed by atoms with E-state index in [-0.39, 0.29) is 0 Å². The summed E-state index contributed by atoms with van der Waals surface area (Å²) in [4.78, 5) is 8.19. The van der Waals surface area contributed by atoms with Gasteiger partial charge in [0.1, 0.15) is 6.26 Å². The molecule has 4 rings (SSSR count). The van der Waals surface area contributed by atoms with Crippen LogP contribution in [-0.2, 0) is 16.6 Å². The number of aromatic nitrogens is 1. The van der Waals surface area contributed by atoms with Crippen LogP contribution in [0.2, 0.25) is 0 Å². The SMILES string of the molecule is Cc1ccc(C)c(S(=O)(=O)N2CCN(Cc3coc(-c4cccs4)n3)CC2)c1. The molecular weight excluding hydrogens is 394 g/mol. The maximum absolute atomic E-state index is 13.0. The quantitative estimate of drug-likeness (QED) is 0.635. The molecule has 0 spiro atoms. The first kappa shape index (κ1) is 19.3. The molecule has 3 aromatic rings. The monoisotopic (exact) mass is 417 g/mol. The van der Waals surface area contributed by atoms with E-state index in [9.17, 15) is 8.42 Å². The Balaban J connectivity index is 1.40. The highest BCUT2D eigenvalue weighted by Gasteiger charge is 2.30. The predicted octanol–water partition coefficient (Wildman–Crippen LogP) is 3.53. The van der Waals surface area contributed by atoms with Crippen molar-refractivity contribution < 1.29 is 12.8 Å². The van der Waals surface area contributed by atoms with Gasteiger partial charge in [0, 0.05) is 32.7 Å². The van der Waals surface area contributed by atoms with E-state index >= 15 is 0 Å². The zero-order valence-electron chi connectivity index (χ0n) is 16.0. The van der Waals surface area contributed by atoms with Crippen molar-refractivity contribution in [3.05, 3.63) is 58.8 Å². The van der Waals surface area contributed by atoms with Crippen LogP contribution in [0.5, 0.6) is 0 Å². The number of benzene rings is 1. The van der Waals surface area contributed by atoms with E-state index in [2.05, 4.69) is 9.88 Å². The van der Waals surface area contributed by atoms with E-state index < -0.39 is 10.0 Å². The van der Waals surface area contributed by atoms with Crippen LogP contribution in [0.4, 0.5) is 0 Å². The molecule has 0 atom stereocenters. The van der Waals surface area contributed by atoms with Crippen LogP contribution in [0.3, 0.4) is 0 Å². The second kappa shape index (κ2) is 7.79. The third-order valence-electron chi connectivity index (χ3n) is 4.96. The fraction of sp³-hybridized carbons (Fsp3) is 0.350. The summed E-state index contributed by atoms with van der Waals surface area (Å²) in [6, 6.07) is 9.53. The van der Waals surface area contributed by atoms with Gasteiger partial charge in [-0.25, -0.2) is 13.4 Å². The standard InChI is InChI=1S/C20H23N3O3S2/c1-15-5-6-16(2)19(12-15)28(24,25)23-9-7-22(8-10-23)13-17-14-26-20(21-17)18-4-3-11-27-18/h3-6,11-12,14H,7-10,13H2,1-2H3. The highest BCUT2D eigenvalue weighted by molar-refractivity contribution is 7.89. The van der Waals surface area contributed by atoms with Gasteiger partial charge in [-0.15, -0.1) is 11.3 Å². The molecule has 0 amide bonds. The highest BCUT2D eigenvalue weighted by atomic mass is 32.2. The van der Waals surface area contributed by atoms with Crippen molar-refractivity contribution in [2.24, 2.45) is 0 Å². The molecular formula is C20H23N3O3S2. The summed E-state index contributed by atoms with van der Waals surface area (Å²) in [6.45, 7) is 6.72. The van der Waals surface area contributed by atoms with Crippen LogP contribution < -0.4 is 0 Å². The zero-order chi connectivity index (χ0) is 19.7. The number of sulfonamides is 1. The minimum Gasteiger partial charge on any atom is -0.444 e. The van der Waals surface area contributed by atoms with Gasteiger partial charge in [-0.2, -0.15) is 4.31 Å². The summed E-state index contributed by atoms with van der Waals surface area (Å²) < 4.78 is 33.2. The first-order valence-corrected chi connectivity index (χ1v) is 11.5. The summed E-state index contributed by atoms with van der Waals surface area (Å²) in [5, 5.41) is 1.99. The average Bonchev–Trinajstić information content (AvgIpc) is 3.36. The molecule has 148 valence electrons. The molecule has 0 N–H and O–H groups in total. The third kappa shape index (κ3) is 3.91. The first-order chi connectivity index (χ1) is 13.4.